The summed E-state index contributed by atoms with van der Waals surface area (Å²) in [6.45, 7) is 5.90. The van der Waals surface area contributed by atoms with Crippen LogP contribution in [-0.4, -0.2) is 12.3 Å². The van der Waals surface area contributed by atoms with Gasteiger partial charge in [0.1, 0.15) is 0 Å². The van der Waals surface area contributed by atoms with Crippen molar-refractivity contribution in [2.75, 3.05) is 6.66 Å². The average molecular weight is 119 g/mol. The molecule has 0 saturated heterocycles. The van der Waals surface area contributed by atoms with E-state index in [-0.39, 0.29) is 0 Å². The maximum atomic E-state index is 9.73. The molecule has 0 amide bonds. The van der Waals surface area contributed by atoms with Crippen molar-refractivity contribution in [3.63, 3.8) is 0 Å². The summed E-state index contributed by atoms with van der Waals surface area (Å²) in [6.07, 6.45) is 0. The molecular formula is C4H10NOP. The first-order valence-electron chi connectivity index (χ1n) is 2.24. The van der Waals surface area contributed by atoms with Gasteiger partial charge in [0.2, 0.25) is 0 Å². The molecule has 0 fully saturated rings. The Morgan fingerprint density at radius 1 is 1.57 bits per heavy atom. The van der Waals surface area contributed by atoms with E-state index in [2.05, 4.69) is 4.95 Å². The SMILES string of the molecule is CC(C)P(C)N=O. The van der Waals surface area contributed by atoms with E-state index in [1.165, 1.54) is 0 Å². The maximum Gasteiger partial charge on any atom is 0.0639 e. The first-order valence-corrected chi connectivity index (χ1v) is 4.05. The van der Waals surface area contributed by atoms with Crippen LogP contribution in [0.3, 0.4) is 0 Å². The molecule has 0 N–H and O–H groups in total. The van der Waals surface area contributed by atoms with Crippen LogP contribution in [0.5, 0.6) is 0 Å². The third-order valence-corrected chi connectivity index (χ3v) is 2.63. The summed E-state index contributed by atoms with van der Waals surface area (Å²) >= 11 is 0. The normalized spacial score (nSPS) is 14.3. The van der Waals surface area contributed by atoms with Crippen molar-refractivity contribution in [3.8, 4) is 0 Å². The fourth-order valence-electron chi connectivity index (χ4n) is 0.0943. The Labute approximate surface area is 45.1 Å². The van der Waals surface area contributed by atoms with Crippen molar-refractivity contribution in [2.24, 2.45) is 4.95 Å². The lowest BCUT2D eigenvalue weighted by Crippen LogP contribution is -1.85. The highest BCUT2D eigenvalue weighted by Gasteiger charge is 2.03. The molecule has 1 atom stereocenters. The van der Waals surface area contributed by atoms with E-state index < -0.39 is 8.07 Å². The van der Waals surface area contributed by atoms with Crippen LogP contribution >= 0.6 is 8.07 Å². The minimum Gasteiger partial charge on any atom is -0.147 e. The summed E-state index contributed by atoms with van der Waals surface area (Å²) in [5, 5.41) is 0. The van der Waals surface area contributed by atoms with E-state index in [9.17, 15) is 4.91 Å². The van der Waals surface area contributed by atoms with Crippen LogP contribution in [0, 0.1) is 4.91 Å². The third-order valence-electron chi connectivity index (χ3n) is 0.876. The molecule has 0 aliphatic heterocycles. The van der Waals surface area contributed by atoms with Gasteiger partial charge < -0.3 is 0 Å². The van der Waals surface area contributed by atoms with E-state index in [1.54, 1.807) is 0 Å². The van der Waals surface area contributed by atoms with Crippen molar-refractivity contribution < 1.29 is 0 Å². The van der Waals surface area contributed by atoms with Gasteiger partial charge in [0, 0.05) is 0 Å². The molecule has 7 heavy (non-hydrogen) atoms. The molecule has 0 aromatic carbocycles. The lowest BCUT2D eigenvalue weighted by Gasteiger charge is -2.02. The summed E-state index contributed by atoms with van der Waals surface area (Å²) in [5.41, 5.74) is 0.451. The number of rotatable bonds is 2. The Morgan fingerprint density at radius 3 is 2.00 bits per heavy atom. The quantitative estimate of drug-likeness (QED) is 0.404. The van der Waals surface area contributed by atoms with Crippen LogP contribution < -0.4 is 0 Å². The first kappa shape index (κ1) is 7.03. The predicted molar refractivity (Wildman–Crippen MR) is 33.8 cm³/mol. The lowest BCUT2D eigenvalue weighted by molar-refractivity contribution is 1.09. The molecule has 3 heteroatoms. The van der Waals surface area contributed by atoms with E-state index in [0.29, 0.717) is 5.66 Å². The van der Waals surface area contributed by atoms with E-state index in [0.717, 1.165) is 0 Å². The highest BCUT2D eigenvalue weighted by atomic mass is 31.1. The smallest absolute Gasteiger partial charge is 0.0639 e. The average Bonchev–Trinajstić information content (AvgIpc) is 1.65. The van der Waals surface area contributed by atoms with Crippen molar-refractivity contribution in [3.05, 3.63) is 4.91 Å². The van der Waals surface area contributed by atoms with Crippen LogP contribution in [0.4, 0.5) is 0 Å². The molecule has 0 aliphatic carbocycles. The van der Waals surface area contributed by atoms with Gasteiger partial charge in [-0.05, 0) is 17.3 Å². The largest absolute Gasteiger partial charge is 0.147 e. The van der Waals surface area contributed by atoms with Crippen molar-refractivity contribution in [1.82, 2.24) is 0 Å². The number of nitroso groups, excluding NO2 is 1. The molecule has 1 unspecified atom stereocenters. The Bertz CT molecular complexity index is 64.7. The van der Waals surface area contributed by atoms with E-state index in [4.69, 9.17) is 0 Å². The molecular weight excluding hydrogens is 109 g/mol. The fourth-order valence-corrected chi connectivity index (χ4v) is 0.283. The Hall–Kier alpha value is 0.0300. The summed E-state index contributed by atoms with van der Waals surface area (Å²) in [5.74, 6) is 0. The van der Waals surface area contributed by atoms with Crippen molar-refractivity contribution in [1.29, 1.82) is 0 Å². The second kappa shape index (κ2) is 3.09. The van der Waals surface area contributed by atoms with Crippen LogP contribution in [0.1, 0.15) is 13.8 Å². The fraction of sp³-hybridized carbons (Fsp3) is 1.00. The molecule has 2 nitrogen and oxygen atoms in total. The molecule has 0 aliphatic rings. The highest BCUT2D eigenvalue weighted by Crippen LogP contribution is 2.36. The van der Waals surface area contributed by atoms with Crippen LogP contribution in [-0.2, 0) is 0 Å². The molecule has 0 spiro atoms. The zero-order valence-electron chi connectivity index (χ0n) is 4.88. The standard InChI is InChI=1S/C4H10NOP/c1-4(2)7(3)5-6/h4H,1-3H3. The second-order valence-corrected chi connectivity index (χ2v) is 4.09. The van der Waals surface area contributed by atoms with Gasteiger partial charge in [-0.3, -0.25) is 0 Å². The van der Waals surface area contributed by atoms with Gasteiger partial charge in [0.15, 0.2) is 0 Å². The van der Waals surface area contributed by atoms with Gasteiger partial charge in [-0.15, -0.1) is 4.91 Å². The zero-order chi connectivity index (χ0) is 5.86. The molecule has 0 aromatic heterocycles. The lowest BCUT2D eigenvalue weighted by atomic mass is 10.6. The highest BCUT2D eigenvalue weighted by molar-refractivity contribution is 7.55. The van der Waals surface area contributed by atoms with Gasteiger partial charge >= 0.3 is 0 Å². The van der Waals surface area contributed by atoms with Gasteiger partial charge in [0.05, 0.1) is 8.07 Å². The third kappa shape index (κ3) is 2.69. The number of hydrogen-bond donors (Lipinski definition) is 0. The molecule has 0 aromatic rings. The molecule has 42 valence electrons. The minimum atomic E-state index is -0.568. The van der Waals surface area contributed by atoms with Gasteiger partial charge in [-0.2, -0.15) is 0 Å². The van der Waals surface area contributed by atoms with Gasteiger partial charge in [-0.1, -0.05) is 13.8 Å². The Balaban J connectivity index is 3.33. The Morgan fingerprint density at radius 2 is 2.00 bits per heavy atom. The number of nitrogens with zero attached hydrogens (tertiary/aromatic N) is 1. The first-order chi connectivity index (χ1) is 3.18. The monoisotopic (exact) mass is 119 g/mol. The van der Waals surface area contributed by atoms with E-state index >= 15 is 0 Å². The molecule has 0 rings (SSSR count). The van der Waals surface area contributed by atoms with Crippen LogP contribution in [0.25, 0.3) is 0 Å². The summed E-state index contributed by atoms with van der Waals surface area (Å²) < 4.78 is 0. The van der Waals surface area contributed by atoms with Gasteiger partial charge in [0.25, 0.3) is 0 Å². The summed E-state index contributed by atoms with van der Waals surface area (Å²) in [7, 11) is -0.568. The maximum absolute atomic E-state index is 9.73. The van der Waals surface area contributed by atoms with Crippen LogP contribution in [0.15, 0.2) is 4.95 Å². The molecule has 0 saturated carbocycles. The second-order valence-electron chi connectivity index (χ2n) is 1.75. The molecule has 0 radical (unpaired) electrons. The summed E-state index contributed by atoms with van der Waals surface area (Å²) in [4.78, 5) is 12.6. The zero-order valence-corrected chi connectivity index (χ0v) is 5.77. The van der Waals surface area contributed by atoms with Crippen molar-refractivity contribution in [2.45, 2.75) is 19.5 Å². The van der Waals surface area contributed by atoms with E-state index in [1.807, 2.05) is 20.5 Å². The minimum absolute atomic E-state index is 0.451. The van der Waals surface area contributed by atoms with Crippen molar-refractivity contribution >= 4 is 8.07 Å². The number of hydrogen-bond acceptors (Lipinski definition) is 2. The Kier molecular flexibility index (Phi) is 3.10. The molecule has 0 heterocycles. The molecule has 0 bridgehead atoms. The van der Waals surface area contributed by atoms with Gasteiger partial charge in [-0.25, -0.2) is 0 Å². The predicted octanol–water partition coefficient (Wildman–Crippen LogP) is 2.19. The summed E-state index contributed by atoms with van der Waals surface area (Å²) in [6, 6.07) is 0. The topological polar surface area (TPSA) is 29.4 Å². The van der Waals surface area contributed by atoms with Crippen LogP contribution in [0.2, 0.25) is 0 Å².